The smallest absolute Gasteiger partial charge is 0.253 e. The number of amides is 1. The van der Waals surface area contributed by atoms with E-state index in [0.29, 0.717) is 6.61 Å². The number of carbonyl (C=O) groups excluding carboxylic acids is 1. The van der Waals surface area contributed by atoms with E-state index in [1.807, 2.05) is 6.92 Å². The summed E-state index contributed by atoms with van der Waals surface area (Å²) in [6.45, 7) is 2.36. The second-order valence-electron chi connectivity index (χ2n) is 4.60. The normalized spacial score (nSPS) is 13.0. The molecule has 1 amide bonds. The van der Waals surface area contributed by atoms with E-state index in [4.69, 9.17) is 21.5 Å². The van der Waals surface area contributed by atoms with E-state index < -0.39 is 15.9 Å². The fourth-order valence-electron chi connectivity index (χ4n) is 1.87. The molecule has 1 unspecified atom stereocenters. The molecule has 1 rings (SSSR count). The standard InChI is InChI=1S/C13H19ClN2O4S/c1-3-4-9(8-20-2)16-13(17)11-7-10(21(15,18)19)5-6-12(11)14/h5-7,9H,3-4,8H2,1-2H3,(H,16,17)(H2,15,18,19). The summed E-state index contributed by atoms with van der Waals surface area (Å²) >= 11 is 5.95. The van der Waals surface area contributed by atoms with Crippen molar-refractivity contribution in [3.63, 3.8) is 0 Å². The van der Waals surface area contributed by atoms with E-state index in [9.17, 15) is 13.2 Å². The molecule has 0 saturated carbocycles. The molecule has 0 radical (unpaired) electrons. The summed E-state index contributed by atoms with van der Waals surface area (Å²) in [5, 5.41) is 7.98. The van der Waals surface area contributed by atoms with Crippen LogP contribution >= 0.6 is 11.6 Å². The van der Waals surface area contributed by atoms with Crippen LogP contribution in [0.5, 0.6) is 0 Å². The summed E-state index contributed by atoms with van der Waals surface area (Å²) in [7, 11) is -2.34. The number of hydrogen-bond acceptors (Lipinski definition) is 4. The van der Waals surface area contributed by atoms with Crippen molar-refractivity contribution in [3.05, 3.63) is 28.8 Å². The maximum absolute atomic E-state index is 12.2. The summed E-state index contributed by atoms with van der Waals surface area (Å²) in [5.41, 5.74) is 0.0698. The first-order valence-corrected chi connectivity index (χ1v) is 8.34. The number of halogens is 1. The van der Waals surface area contributed by atoms with Gasteiger partial charge in [0.1, 0.15) is 0 Å². The lowest BCUT2D eigenvalue weighted by Crippen LogP contribution is -2.38. The Bertz CT molecular complexity index is 598. The second kappa shape index (κ2) is 7.74. The minimum absolute atomic E-state index is 0.0698. The van der Waals surface area contributed by atoms with Crippen molar-refractivity contribution >= 4 is 27.5 Å². The van der Waals surface area contributed by atoms with E-state index >= 15 is 0 Å². The molecular formula is C13H19ClN2O4S. The Morgan fingerprint density at radius 1 is 1.48 bits per heavy atom. The molecule has 0 aliphatic carbocycles. The fourth-order valence-corrected chi connectivity index (χ4v) is 2.61. The summed E-state index contributed by atoms with van der Waals surface area (Å²) in [5.74, 6) is -0.457. The van der Waals surface area contributed by atoms with E-state index in [0.717, 1.165) is 12.8 Å². The average molecular weight is 335 g/mol. The van der Waals surface area contributed by atoms with Gasteiger partial charge in [0, 0.05) is 7.11 Å². The van der Waals surface area contributed by atoms with Gasteiger partial charge < -0.3 is 10.1 Å². The van der Waals surface area contributed by atoms with E-state index in [1.54, 1.807) is 7.11 Å². The first-order valence-electron chi connectivity index (χ1n) is 6.41. The van der Waals surface area contributed by atoms with Crippen molar-refractivity contribution in [1.29, 1.82) is 0 Å². The summed E-state index contributed by atoms with van der Waals surface area (Å²) in [6, 6.07) is 3.60. The van der Waals surface area contributed by atoms with E-state index in [2.05, 4.69) is 5.32 Å². The maximum Gasteiger partial charge on any atom is 0.253 e. The van der Waals surface area contributed by atoms with Crippen LogP contribution in [-0.4, -0.2) is 34.1 Å². The Balaban J connectivity index is 3.01. The molecule has 0 saturated heterocycles. The van der Waals surface area contributed by atoms with Crippen molar-refractivity contribution < 1.29 is 17.9 Å². The molecule has 0 aliphatic heterocycles. The number of sulfonamides is 1. The van der Waals surface area contributed by atoms with Gasteiger partial charge in [-0.25, -0.2) is 13.6 Å². The minimum Gasteiger partial charge on any atom is -0.383 e. The molecule has 0 aromatic heterocycles. The molecule has 21 heavy (non-hydrogen) atoms. The number of benzene rings is 1. The summed E-state index contributed by atoms with van der Waals surface area (Å²) < 4.78 is 27.7. The van der Waals surface area contributed by atoms with Gasteiger partial charge in [-0.1, -0.05) is 24.9 Å². The third kappa shape index (κ3) is 5.28. The van der Waals surface area contributed by atoms with Gasteiger partial charge in [-0.05, 0) is 24.6 Å². The molecule has 0 aliphatic rings. The highest BCUT2D eigenvalue weighted by molar-refractivity contribution is 7.89. The van der Waals surface area contributed by atoms with Crippen LogP contribution in [-0.2, 0) is 14.8 Å². The predicted molar refractivity (Wildman–Crippen MR) is 80.9 cm³/mol. The lowest BCUT2D eigenvalue weighted by atomic mass is 10.1. The van der Waals surface area contributed by atoms with Crippen LogP contribution in [0.15, 0.2) is 23.1 Å². The molecule has 1 aromatic rings. The zero-order chi connectivity index (χ0) is 16.0. The molecule has 0 spiro atoms. The summed E-state index contributed by atoms with van der Waals surface area (Å²) in [6.07, 6.45) is 1.62. The van der Waals surface area contributed by atoms with Gasteiger partial charge >= 0.3 is 0 Å². The van der Waals surface area contributed by atoms with Crippen LogP contribution in [0.3, 0.4) is 0 Å². The Hall–Kier alpha value is -1.15. The van der Waals surface area contributed by atoms with Crippen LogP contribution in [0.25, 0.3) is 0 Å². The number of carbonyl (C=O) groups is 1. The highest BCUT2D eigenvalue weighted by Gasteiger charge is 2.18. The number of methoxy groups -OCH3 is 1. The average Bonchev–Trinajstić information content (AvgIpc) is 2.38. The van der Waals surface area contributed by atoms with Crippen LogP contribution in [0.4, 0.5) is 0 Å². The van der Waals surface area contributed by atoms with Gasteiger partial charge in [-0.15, -0.1) is 0 Å². The molecular weight excluding hydrogens is 316 g/mol. The zero-order valence-electron chi connectivity index (χ0n) is 11.9. The largest absolute Gasteiger partial charge is 0.383 e. The number of hydrogen-bond donors (Lipinski definition) is 2. The highest BCUT2D eigenvalue weighted by atomic mass is 35.5. The Labute approximate surface area is 129 Å². The lowest BCUT2D eigenvalue weighted by molar-refractivity contribution is 0.0891. The van der Waals surface area contributed by atoms with Crippen LogP contribution in [0, 0.1) is 0 Å². The van der Waals surface area contributed by atoms with Gasteiger partial charge in [0.15, 0.2) is 0 Å². The molecule has 1 aromatic carbocycles. The minimum atomic E-state index is -3.89. The maximum atomic E-state index is 12.2. The lowest BCUT2D eigenvalue weighted by Gasteiger charge is -2.17. The van der Waals surface area contributed by atoms with Crippen molar-refractivity contribution in [2.75, 3.05) is 13.7 Å². The number of nitrogens with two attached hydrogens (primary N) is 1. The molecule has 3 N–H and O–H groups in total. The Morgan fingerprint density at radius 3 is 2.67 bits per heavy atom. The topological polar surface area (TPSA) is 98.5 Å². The van der Waals surface area contributed by atoms with Crippen molar-refractivity contribution in [3.8, 4) is 0 Å². The van der Waals surface area contributed by atoms with Crippen LogP contribution in [0.2, 0.25) is 5.02 Å². The van der Waals surface area contributed by atoms with Gasteiger partial charge in [0.05, 0.1) is 28.1 Å². The van der Waals surface area contributed by atoms with Gasteiger partial charge in [-0.2, -0.15) is 0 Å². The number of rotatable bonds is 7. The van der Waals surface area contributed by atoms with Crippen LogP contribution < -0.4 is 10.5 Å². The first-order chi connectivity index (χ1) is 9.79. The molecule has 6 nitrogen and oxygen atoms in total. The molecule has 8 heteroatoms. The van der Waals surface area contributed by atoms with Crippen molar-refractivity contribution in [1.82, 2.24) is 5.32 Å². The molecule has 118 valence electrons. The summed E-state index contributed by atoms with van der Waals surface area (Å²) in [4.78, 5) is 12.1. The predicted octanol–water partition coefficient (Wildman–Crippen LogP) is 1.53. The van der Waals surface area contributed by atoms with Crippen LogP contribution in [0.1, 0.15) is 30.1 Å². The molecule has 0 heterocycles. The van der Waals surface area contributed by atoms with Gasteiger partial charge in [-0.3, -0.25) is 4.79 Å². The molecule has 0 bridgehead atoms. The van der Waals surface area contributed by atoms with E-state index in [-0.39, 0.29) is 21.5 Å². The molecule has 1 atom stereocenters. The number of ether oxygens (including phenoxy) is 1. The third-order valence-electron chi connectivity index (χ3n) is 2.85. The molecule has 0 fully saturated rings. The van der Waals surface area contributed by atoms with E-state index in [1.165, 1.54) is 18.2 Å². The SMILES string of the molecule is CCCC(COC)NC(=O)c1cc(S(N)(=O)=O)ccc1Cl. The third-order valence-corrected chi connectivity index (χ3v) is 4.09. The van der Waals surface area contributed by atoms with Gasteiger partial charge in [0.25, 0.3) is 5.91 Å². The van der Waals surface area contributed by atoms with Crippen molar-refractivity contribution in [2.45, 2.75) is 30.7 Å². The van der Waals surface area contributed by atoms with Crippen molar-refractivity contribution in [2.24, 2.45) is 5.14 Å². The Kier molecular flexibility index (Phi) is 6.60. The zero-order valence-corrected chi connectivity index (χ0v) is 13.5. The van der Waals surface area contributed by atoms with Gasteiger partial charge in [0.2, 0.25) is 10.0 Å². The number of primary sulfonamides is 1. The second-order valence-corrected chi connectivity index (χ2v) is 6.57. The Morgan fingerprint density at radius 2 is 2.14 bits per heavy atom. The number of nitrogens with one attached hydrogen (secondary N) is 1. The first kappa shape index (κ1) is 17.9. The quantitative estimate of drug-likeness (QED) is 0.790. The monoisotopic (exact) mass is 334 g/mol. The highest BCUT2D eigenvalue weighted by Crippen LogP contribution is 2.20. The fraction of sp³-hybridized carbons (Fsp3) is 0.462.